The van der Waals surface area contributed by atoms with Gasteiger partial charge in [-0.15, -0.1) is 0 Å². The van der Waals surface area contributed by atoms with E-state index in [-0.39, 0.29) is 5.91 Å². The quantitative estimate of drug-likeness (QED) is 0.816. The molecule has 27 heavy (non-hydrogen) atoms. The van der Waals surface area contributed by atoms with E-state index < -0.39 is 0 Å². The Kier molecular flexibility index (Phi) is 5.30. The summed E-state index contributed by atoms with van der Waals surface area (Å²) in [7, 11) is 1.69. The van der Waals surface area contributed by atoms with Gasteiger partial charge in [0.25, 0.3) is 0 Å². The number of anilines is 1. The molecule has 0 radical (unpaired) electrons. The second kappa shape index (κ2) is 8.01. The molecule has 1 amide bonds. The van der Waals surface area contributed by atoms with Gasteiger partial charge >= 0.3 is 0 Å². The van der Waals surface area contributed by atoms with Crippen molar-refractivity contribution in [2.24, 2.45) is 5.92 Å². The zero-order chi connectivity index (χ0) is 18.6. The predicted octanol–water partition coefficient (Wildman–Crippen LogP) is 2.99. The van der Waals surface area contributed by atoms with E-state index in [1.165, 1.54) is 5.56 Å². The van der Waals surface area contributed by atoms with Crippen molar-refractivity contribution in [3.8, 4) is 11.5 Å². The Bertz CT molecular complexity index is 790. The zero-order valence-corrected chi connectivity index (χ0v) is 15.8. The number of amides is 1. The second-order valence-electron chi connectivity index (χ2n) is 7.30. The average molecular weight is 366 g/mol. The molecule has 2 aliphatic rings. The molecule has 2 heterocycles. The fraction of sp³-hybridized carbons (Fsp3) is 0.409. The molecule has 1 fully saturated rings. The summed E-state index contributed by atoms with van der Waals surface area (Å²) >= 11 is 0. The van der Waals surface area contributed by atoms with Gasteiger partial charge in [0, 0.05) is 6.54 Å². The van der Waals surface area contributed by atoms with Crippen molar-refractivity contribution in [3.05, 3.63) is 54.1 Å². The van der Waals surface area contributed by atoms with Gasteiger partial charge in [-0.1, -0.05) is 24.3 Å². The molecular weight excluding hydrogens is 340 g/mol. The summed E-state index contributed by atoms with van der Waals surface area (Å²) in [6.07, 6.45) is 2.19. The molecule has 4 rings (SSSR count). The minimum atomic E-state index is 0.163. The molecule has 0 aliphatic carbocycles. The molecule has 0 bridgehead atoms. The molecule has 0 spiro atoms. The van der Waals surface area contributed by atoms with Gasteiger partial charge in [0.2, 0.25) is 5.91 Å². The maximum atomic E-state index is 12.9. The fourth-order valence-corrected chi connectivity index (χ4v) is 4.02. The van der Waals surface area contributed by atoms with Crippen LogP contribution in [0.2, 0.25) is 0 Å². The Balaban J connectivity index is 1.32. The van der Waals surface area contributed by atoms with Crippen LogP contribution in [0.1, 0.15) is 12.0 Å². The third-order valence-corrected chi connectivity index (χ3v) is 5.44. The summed E-state index contributed by atoms with van der Waals surface area (Å²) in [5.74, 6) is 2.46. The predicted molar refractivity (Wildman–Crippen MR) is 106 cm³/mol. The van der Waals surface area contributed by atoms with Crippen LogP contribution in [0.4, 0.5) is 5.69 Å². The number of ether oxygens (including phenoxy) is 2. The number of benzene rings is 2. The van der Waals surface area contributed by atoms with Crippen LogP contribution in [0.25, 0.3) is 0 Å². The molecule has 0 aromatic heterocycles. The van der Waals surface area contributed by atoms with Crippen molar-refractivity contribution in [2.45, 2.75) is 12.8 Å². The Morgan fingerprint density at radius 1 is 1.15 bits per heavy atom. The molecule has 0 N–H and O–H groups in total. The first-order chi connectivity index (χ1) is 13.2. The first-order valence-electron chi connectivity index (χ1n) is 9.60. The van der Waals surface area contributed by atoms with Crippen LogP contribution in [-0.2, 0) is 11.2 Å². The average Bonchev–Trinajstić information content (AvgIpc) is 3.14. The molecule has 5 heteroatoms. The van der Waals surface area contributed by atoms with E-state index >= 15 is 0 Å². The number of methoxy groups -OCH3 is 1. The lowest BCUT2D eigenvalue weighted by Crippen LogP contribution is -2.43. The number of carbonyl (C=O) groups excluding carboxylic acids is 1. The lowest BCUT2D eigenvalue weighted by molar-refractivity contribution is -0.119. The molecular formula is C22H26N2O3. The minimum Gasteiger partial charge on any atom is -0.497 e. The van der Waals surface area contributed by atoms with Crippen LogP contribution in [0.5, 0.6) is 11.5 Å². The maximum Gasteiger partial charge on any atom is 0.241 e. The summed E-state index contributed by atoms with van der Waals surface area (Å²) < 4.78 is 10.9. The van der Waals surface area contributed by atoms with Gasteiger partial charge in [-0.2, -0.15) is 0 Å². The Morgan fingerprint density at radius 3 is 2.78 bits per heavy atom. The van der Waals surface area contributed by atoms with E-state index in [1.807, 2.05) is 41.3 Å². The zero-order valence-electron chi connectivity index (χ0n) is 15.8. The second-order valence-corrected chi connectivity index (χ2v) is 7.30. The van der Waals surface area contributed by atoms with Crippen molar-refractivity contribution in [1.82, 2.24) is 4.90 Å². The lowest BCUT2D eigenvalue weighted by atomic mass is 9.99. The van der Waals surface area contributed by atoms with E-state index in [2.05, 4.69) is 17.0 Å². The minimum absolute atomic E-state index is 0.163. The summed E-state index contributed by atoms with van der Waals surface area (Å²) in [5, 5.41) is 0. The highest BCUT2D eigenvalue weighted by atomic mass is 16.5. The molecule has 1 saturated heterocycles. The Hall–Kier alpha value is -2.53. The fourth-order valence-electron chi connectivity index (χ4n) is 4.02. The van der Waals surface area contributed by atoms with Crippen LogP contribution < -0.4 is 14.4 Å². The first-order valence-corrected chi connectivity index (χ1v) is 9.60. The van der Waals surface area contributed by atoms with E-state index in [9.17, 15) is 4.79 Å². The van der Waals surface area contributed by atoms with Gasteiger partial charge in [0.1, 0.15) is 18.1 Å². The Labute approximate surface area is 160 Å². The van der Waals surface area contributed by atoms with Crippen LogP contribution in [0, 0.1) is 5.92 Å². The van der Waals surface area contributed by atoms with Crippen molar-refractivity contribution in [1.29, 1.82) is 0 Å². The number of likely N-dealkylation sites (tertiary alicyclic amines) is 1. The number of para-hydroxylation sites is 2. The van der Waals surface area contributed by atoms with Crippen LogP contribution >= 0.6 is 0 Å². The standard InChI is InChI=1S/C22H26N2O3/c1-26-19-8-6-17(7-9-19)14-18-10-11-23(15-18)16-22(25)24-12-13-27-21-5-3-2-4-20(21)24/h2-9,18H,10-16H2,1H3. The molecule has 2 aliphatic heterocycles. The molecule has 0 saturated carbocycles. The van der Waals surface area contributed by atoms with Crippen molar-refractivity contribution >= 4 is 11.6 Å². The van der Waals surface area contributed by atoms with Gasteiger partial charge in [-0.05, 0) is 55.1 Å². The third kappa shape index (κ3) is 4.08. The number of fused-ring (bicyclic) bond motifs is 1. The van der Waals surface area contributed by atoms with Gasteiger partial charge in [0.05, 0.1) is 25.9 Å². The topological polar surface area (TPSA) is 42.0 Å². The van der Waals surface area contributed by atoms with Gasteiger partial charge < -0.3 is 14.4 Å². The SMILES string of the molecule is COc1ccc(CC2CCN(CC(=O)N3CCOc4ccccc43)C2)cc1. The lowest BCUT2D eigenvalue weighted by Gasteiger charge is -2.30. The van der Waals surface area contributed by atoms with E-state index in [4.69, 9.17) is 9.47 Å². The van der Waals surface area contributed by atoms with Crippen LogP contribution in [0.15, 0.2) is 48.5 Å². The summed E-state index contributed by atoms with van der Waals surface area (Å²) in [6, 6.07) is 16.1. The largest absolute Gasteiger partial charge is 0.497 e. The highest BCUT2D eigenvalue weighted by Crippen LogP contribution is 2.31. The first kappa shape index (κ1) is 17.9. The molecule has 1 atom stereocenters. The summed E-state index contributed by atoms with van der Waals surface area (Å²) in [6.45, 7) is 3.62. The van der Waals surface area contributed by atoms with E-state index in [0.29, 0.717) is 25.6 Å². The summed E-state index contributed by atoms with van der Waals surface area (Å²) in [5.41, 5.74) is 2.22. The third-order valence-electron chi connectivity index (χ3n) is 5.44. The Morgan fingerprint density at radius 2 is 1.96 bits per heavy atom. The van der Waals surface area contributed by atoms with Gasteiger partial charge in [-0.25, -0.2) is 0 Å². The number of hydrogen-bond acceptors (Lipinski definition) is 4. The molecule has 5 nitrogen and oxygen atoms in total. The smallest absolute Gasteiger partial charge is 0.241 e. The van der Waals surface area contributed by atoms with Crippen molar-refractivity contribution in [2.75, 3.05) is 44.8 Å². The highest BCUT2D eigenvalue weighted by Gasteiger charge is 2.28. The molecule has 142 valence electrons. The van der Waals surface area contributed by atoms with Crippen molar-refractivity contribution in [3.63, 3.8) is 0 Å². The number of hydrogen-bond donors (Lipinski definition) is 0. The maximum absolute atomic E-state index is 12.9. The molecule has 1 unspecified atom stereocenters. The number of carbonyl (C=O) groups is 1. The number of rotatable bonds is 5. The van der Waals surface area contributed by atoms with Crippen LogP contribution in [0.3, 0.4) is 0 Å². The molecule has 2 aromatic carbocycles. The molecule has 2 aromatic rings. The van der Waals surface area contributed by atoms with Gasteiger partial charge in [0.15, 0.2) is 0 Å². The monoisotopic (exact) mass is 366 g/mol. The van der Waals surface area contributed by atoms with Crippen LogP contribution in [-0.4, -0.2) is 50.7 Å². The highest BCUT2D eigenvalue weighted by molar-refractivity contribution is 5.96. The van der Waals surface area contributed by atoms with E-state index in [0.717, 1.165) is 43.1 Å². The van der Waals surface area contributed by atoms with Gasteiger partial charge in [-0.3, -0.25) is 9.69 Å². The normalized spacial score (nSPS) is 19.4. The van der Waals surface area contributed by atoms with Crippen molar-refractivity contribution < 1.29 is 14.3 Å². The number of nitrogens with zero attached hydrogens (tertiary/aromatic N) is 2. The summed E-state index contributed by atoms with van der Waals surface area (Å²) in [4.78, 5) is 17.0. The van der Waals surface area contributed by atoms with E-state index in [1.54, 1.807) is 7.11 Å².